The fraction of sp³-hybridized carbons (Fsp3) is 0.333. The van der Waals surface area contributed by atoms with Crippen LogP contribution in [0.4, 0.5) is 11.4 Å². The number of carbonyl (C=O) groups excluding carboxylic acids is 2. The molecule has 2 amide bonds. The number of hydrogen-bond acceptors (Lipinski definition) is 6. The summed E-state index contributed by atoms with van der Waals surface area (Å²) >= 11 is 2.75. The van der Waals surface area contributed by atoms with Gasteiger partial charge in [0, 0.05) is 17.8 Å². The Bertz CT molecular complexity index is 642. The summed E-state index contributed by atoms with van der Waals surface area (Å²) in [6.07, 6.45) is 0.487. The van der Waals surface area contributed by atoms with E-state index >= 15 is 0 Å². The molecular weight excluding hydrogens is 332 g/mol. The van der Waals surface area contributed by atoms with Crippen LogP contribution in [0.3, 0.4) is 0 Å². The van der Waals surface area contributed by atoms with Crippen LogP contribution in [0.2, 0.25) is 0 Å². The number of anilines is 2. The van der Waals surface area contributed by atoms with Crippen LogP contribution in [-0.4, -0.2) is 27.8 Å². The van der Waals surface area contributed by atoms with Crippen molar-refractivity contribution in [3.8, 4) is 0 Å². The summed E-state index contributed by atoms with van der Waals surface area (Å²) in [6.45, 7) is 4.00. The van der Waals surface area contributed by atoms with Gasteiger partial charge in [-0.2, -0.15) is 0 Å². The van der Waals surface area contributed by atoms with Crippen molar-refractivity contribution in [1.29, 1.82) is 0 Å². The lowest BCUT2D eigenvalue weighted by Gasteiger charge is -2.08. The third kappa shape index (κ3) is 6.37. The molecule has 0 aliphatic heterocycles. The monoisotopic (exact) mass is 350 g/mol. The lowest BCUT2D eigenvalue weighted by Crippen LogP contribution is -2.15. The predicted molar refractivity (Wildman–Crippen MR) is 93.8 cm³/mol. The maximum absolute atomic E-state index is 11.8. The molecule has 0 fully saturated rings. The summed E-state index contributed by atoms with van der Waals surface area (Å²) < 4.78 is 0.767. The molecule has 0 spiro atoms. The number of carbonyl (C=O) groups is 2. The fourth-order valence-corrected chi connectivity index (χ4v) is 3.06. The second-order valence-electron chi connectivity index (χ2n) is 5.26. The average molecular weight is 350 g/mol. The van der Waals surface area contributed by atoms with E-state index in [1.54, 1.807) is 29.8 Å². The van der Waals surface area contributed by atoms with Crippen LogP contribution in [0.1, 0.15) is 20.3 Å². The van der Waals surface area contributed by atoms with E-state index in [1.807, 2.05) is 13.8 Å². The molecule has 122 valence electrons. The minimum Gasteiger partial charge on any atom is -0.326 e. The first-order valence-electron chi connectivity index (χ1n) is 7.11. The zero-order valence-electron chi connectivity index (χ0n) is 12.9. The molecule has 2 N–H and O–H groups in total. The molecule has 1 heterocycles. The molecule has 0 saturated heterocycles. The van der Waals surface area contributed by atoms with E-state index in [2.05, 4.69) is 20.8 Å². The molecule has 0 aliphatic carbocycles. The molecule has 1 aromatic heterocycles. The molecule has 6 nitrogen and oxygen atoms in total. The van der Waals surface area contributed by atoms with Gasteiger partial charge in [0.1, 0.15) is 5.51 Å². The summed E-state index contributed by atoms with van der Waals surface area (Å²) in [5.74, 6) is 0.480. The molecule has 1 aromatic carbocycles. The fourth-order valence-electron chi connectivity index (χ4n) is 1.77. The number of rotatable bonds is 7. The summed E-state index contributed by atoms with van der Waals surface area (Å²) in [4.78, 5) is 23.5. The van der Waals surface area contributed by atoms with Crippen molar-refractivity contribution in [3.05, 3.63) is 29.8 Å². The van der Waals surface area contributed by atoms with Crippen molar-refractivity contribution in [2.45, 2.75) is 24.6 Å². The molecule has 0 bridgehead atoms. The SMILES string of the molecule is CC(C)CC(=O)Nc1ccc(NC(=O)CSc2nncs2)cc1. The number of nitrogens with zero attached hydrogens (tertiary/aromatic N) is 2. The van der Waals surface area contributed by atoms with Gasteiger partial charge in [-0.1, -0.05) is 36.9 Å². The van der Waals surface area contributed by atoms with Gasteiger partial charge in [-0.25, -0.2) is 0 Å². The first-order valence-corrected chi connectivity index (χ1v) is 8.98. The Kier molecular flexibility index (Phi) is 6.54. The Balaban J connectivity index is 1.80. The van der Waals surface area contributed by atoms with Crippen molar-refractivity contribution in [2.24, 2.45) is 5.92 Å². The maximum Gasteiger partial charge on any atom is 0.234 e. The molecule has 0 aliphatic rings. The number of amides is 2. The largest absolute Gasteiger partial charge is 0.326 e. The van der Waals surface area contributed by atoms with E-state index in [1.165, 1.54) is 23.1 Å². The lowest BCUT2D eigenvalue weighted by atomic mass is 10.1. The smallest absolute Gasteiger partial charge is 0.234 e. The number of benzene rings is 1. The number of hydrogen-bond donors (Lipinski definition) is 2. The Labute approximate surface area is 143 Å². The molecular formula is C15H18N4O2S2. The summed E-state index contributed by atoms with van der Waals surface area (Å²) in [6, 6.07) is 7.06. The average Bonchev–Trinajstić information content (AvgIpc) is 3.00. The third-order valence-electron chi connectivity index (χ3n) is 2.71. The maximum atomic E-state index is 11.8. The van der Waals surface area contributed by atoms with Crippen LogP contribution in [0, 0.1) is 5.92 Å². The van der Waals surface area contributed by atoms with Gasteiger partial charge >= 0.3 is 0 Å². The number of thioether (sulfide) groups is 1. The van der Waals surface area contributed by atoms with Gasteiger partial charge < -0.3 is 10.6 Å². The summed E-state index contributed by atoms with van der Waals surface area (Å²) in [7, 11) is 0. The Hall–Kier alpha value is -1.93. The highest BCUT2D eigenvalue weighted by atomic mass is 32.2. The lowest BCUT2D eigenvalue weighted by molar-refractivity contribution is -0.117. The Morgan fingerprint density at radius 2 is 1.74 bits per heavy atom. The highest BCUT2D eigenvalue weighted by Gasteiger charge is 2.07. The van der Waals surface area contributed by atoms with E-state index in [9.17, 15) is 9.59 Å². The van der Waals surface area contributed by atoms with Crippen LogP contribution in [0.15, 0.2) is 34.1 Å². The van der Waals surface area contributed by atoms with Crippen LogP contribution in [0.25, 0.3) is 0 Å². The van der Waals surface area contributed by atoms with E-state index < -0.39 is 0 Å². The van der Waals surface area contributed by atoms with Gasteiger partial charge in [0.05, 0.1) is 5.75 Å². The zero-order valence-corrected chi connectivity index (χ0v) is 14.5. The second kappa shape index (κ2) is 8.64. The number of nitrogens with one attached hydrogen (secondary N) is 2. The molecule has 2 aromatic rings. The minimum atomic E-state index is -0.109. The van der Waals surface area contributed by atoms with E-state index in [0.29, 0.717) is 18.0 Å². The molecule has 2 rings (SSSR count). The summed E-state index contributed by atoms with van der Waals surface area (Å²) in [5, 5.41) is 13.2. The molecule has 0 radical (unpaired) electrons. The molecule has 23 heavy (non-hydrogen) atoms. The highest BCUT2D eigenvalue weighted by molar-refractivity contribution is 8.01. The number of aromatic nitrogens is 2. The van der Waals surface area contributed by atoms with Crippen molar-refractivity contribution < 1.29 is 9.59 Å². The van der Waals surface area contributed by atoms with Gasteiger partial charge in [-0.15, -0.1) is 10.2 Å². The van der Waals surface area contributed by atoms with Gasteiger partial charge in [-0.05, 0) is 30.2 Å². The Morgan fingerprint density at radius 1 is 1.13 bits per heavy atom. The first-order chi connectivity index (χ1) is 11.0. The van der Waals surface area contributed by atoms with Gasteiger partial charge in [0.2, 0.25) is 11.8 Å². The van der Waals surface area contributed by atoms with Crippen LogP contribution >= 0.6 is 23.1 Å². The van der Waals surface area contributed by atoms with Crippen molar-refractivity contribution in [2.75, 3.05) is 16.4 Å². The van der Waals surface area contributed by atoms with Crippen LogP contribution in [0.5, 0.6) is 0 Å². The van der Waals surface area contributed by atoms with E-state index in [-0.39, 0.29) is 17.6 Å². The highest BCUT2D eigenvalue weighted by Crippen LogP contribution is 2.19. The topological polar surface area (TPSA) is 84.0 Å². The molecule has 0 unspecified atom stereocenters. The minimum absolute atomic E-state index is 0.00903. The molecule has 0 atom stereocenters. The van der Waals surface area contributed by atoms with Gasteiger partial charge in [-0.3, -0.25) is 9.59 Å². The van der Waals surface area contributed by atoms with E-state index in [0.717, 1.165) is 10.0 Å². The van der Waals surface area contributed by atoms with Crippen molar-refractivity contribution >= 4 is 46.3 Å². The quantitative estimate of drug-likeness (QED) is 0.749. The third-order valence-corrected chi connectivity index (χ3v) is 4.57. The zero-order chi connectivity index (χ0) is 16.7. The summed E-state index contributed by atoms with van der Waals surface area (Å²) in [5.41, 5.74) is 3.04. The van der Waals surface area contributed by atoms with Crippen LogP contribution in [-0.2, 0) is 9.59 Å². The standard InChI is InChI=1S/C15H18N4O2S2/c1-10(2)7-13(20)17-11-3-5-12(6-4-11)18-14(21)8-22-15-19-16-9-23-15/h3-6,9-10H,7-8H2,1-2H3,(H,17,20)(H,18,21). The second-order valence-corrected chi connectivity index (χ2v) is 7.32. The van der Waals surface area contributed by atoms with Crippen LogP contribution < -0.4 is 10.6 Å². The van der Waals surface area contributed by atoms with E-state index in [4.69, 9.17) is 0 Å². The first kappa shape index (κ1) is 17.4. The normalized spacial score (nSPS) is 10.6. The van der Waals surface area contributed by atoms with Crippen molar-refractivity contribution in [3.63, 3.8) is 0 Å². The van der Waals surface area contributed by atoms with Gasteiger partial charge in [0.25, 0.3) is 0 Å². The van der Waals surface area contributed by atoms with Crippen molar-refractivity contribution in [1.82, 2.24) is 10.2 Å². The molecule has 0 saturated carbocycles. The van der Waals surface area contributed by atoms with Gasteiger partial charge in [0.15, 0.2) is 4.34 Å². The Morgan fingerprint density at radius 3 is 2.26 bits per heavy atom. The predicted octanol–water partition coefficient (Wildman–Crippen LogP) is 3.25. The molecule has 8 heteroatoms.